The molecule has 1 atom stereocenters. The maximum absolute atomic E-state index is 14.8. The van der Waals surface area contributed by atoms with Crippen molar-refractivity contribution in [2.24, 2.45) is 7.05 Å². The number of benzene rings is 3. The number of pyridine rings is 1. The summed E-state index contributed by atoms with van der Waals surface area (Å²) in [5.41, 5.74) is 5.46. The Balaban J connectivity index is 1.30. The predicted octanol–water partition coefficient (Wildman–Crippen LogP) is 5.13. The second-order valence-corrected chi connectivity index (χ2v) is 11.1. The molecule has 3 aliphatic heterocycles. The van der Waals surface area contributed by atoms with E-state index >= 15 is 0 Å². The summed E-state index contributed by atoms with van der Waals surface area (Å²) in [5, 5.41) is 7.16. The van der Waals surface area contributed by atoms with E-state index < -0.39 is 11.9 Å². The van der Waals surface area contributed by atoms with E-state index in [1.54, 1.807) is 35.3 Å². The van der Waals surface area contributed by atoms with Crippen molar-refractivity contribution in [2.75, 3.05) is 19.7 Å². The Morgan fingerprint density at radius 1 is 1.05 bits per heavy atom. The summed E-state index contributed by atoms with van der Waals surface area (Å²) >= 11 is 0. The number of nitrogens with zero attached hydrogens (tertiary/aromatic N) is 4. The first-order valence-electron chi connectivity index (χ1n) is 14.6. The highest BCUT2D eigenvalue weighted by Crippen LogP contribution is 2.39. The van der Waals surface area contributed by atoms with Crippen molar-refractivity contribution in [3.63, 3.8) is 0 Å². The summed E-state index contributed by atoms with van der Waals surface area (Å²) < 4.78 is 28.6. The molecule has 8 bridgehead atoms. The van der Waals surface area contributed by atoms with E-state index in [2.05, 4.69) is 15.4 Å². The normalized spacial score (nSPS) is 16.7. The lowest BCUT2D eigenvalue weighted by atomic mass is 9.87. The van der Waals surface area contributed by atoms with Crippen LogP contribution < -0.4 is 14.8 Å². The van der Waals surface area contributed by atoms with Gasteiger partial charge in [0, 0.05) is 26.3 Å². The van der Waals surface area contributed by atoms with Gasteiger partial charge in [-0.05, 0) is 77.6 Å². The van der Waals surface area contributed by atoms with Gasteiger partial charge in [-0.1, -0.05) is 24.3 Å². The molecule has 2 aromatic heterocycles. The van der Waals surface area contributed by atoms with Crippen LogP contribution >= 0.6 is 0 Å². The molecule has 10 heteroatoms. The van der Waals surface area contributed by atoms with Gasteiger partial charge in [0.1, 0.15) is 17.0 Å². The van der Waals surface area contributed by atoms with E-state index in [1.165, 1.54) is 6.07 Å². The number of amides is 2. The standard InChI is InChI=1S/C34H30FN5O4/c1-39-30-18-24(19-37-29(30)20-38-39)34(42)40-12-10-22-16-26-7-8-27(22)33(40)23-4-2-5-25(17-23)43-13-3-11-36-32(41)15-21-6-9-28(35)31(14-21)44-26/h2,4-9,14,16-20,33H,3,10-13,15H2,1H3,(H,36,41). The molecule has 222 valence electrons. The van der Waals surface area contributed by atoms with Crippen molar-refractivity contribution >= 4 is 22.8 Å². The summed E-state index contributed by atoms with van der Waals surface area (Å²) in [4.78, 5) is 33.0. The van der Waals surface area contributed by atoms with Crippen LogP contribution in [0.5, 0.6) is 17.2 Å². The monoisotopic (exact) mass is 591 g/mol. The second-order valence-electron chi connectivity index (χ2n) is 11.1. The number of fused-ring (bicyclic) bond motifs is 8. The van der Waals surface area contributed by atoms with Crippen molar-refractivity contribution in [2.45, 2.75) is 25.3 Å². The first kappa shape index (κ1) is 27.6. The molecule has 5 aromatic rings. The quantitative estimate of drug-likeness (QED) is 0.290. The summed E-state index contributed by atoms with van der Waals surface area (Å²) in [5.74, 6) is 0.387. The number of aryl methyl sites for hydroxylation is 1. The second kappa shape index (κ2) is 11.4. The molecule has 3 aromatic carbocycles. The van der Waals surface area contributed by atoms with Crippen molar-refractivity contribution in [1.29, 1.82) is 0 Å². The fourth-order valence-electron chi connectivity index (χ4n) is 5.93. The lowest BCUT2D eigenvalue weighted by Gasteiger charge is -2.38. The van der Waals surface area contributed by atoms with Gasteiger partial charge < -0.3 is 19.7 Å². The highest BCUT2D eigenvalue weighted by molar-refractivity contribution is 5.97. The van der Waals surface area contributed by atoms with Crippen LogP contribution in [0.25, 0.3) is 11.0 Å². The highest BCUT2D eigenvalue weighted by Gasteiger charge is 2.33. The Morgan fingerprint density at radius 2 is 1.95 bits per heavy atom. The number of carbonyl (C=O) groups excluding carboxylic acids is 2. The molecule has 1 unspecified atom stereocenters. The molecule has 0 saturated heterocycles. The maximum Gasteiger partial charge on any atom is 0.256 e. The molecular weight excluding hydrogens is 561 g/mol. The van der Waals surface area contributed by atoms with Gasteiger partial charge in [-0.3, -0.25) is 19.3 Å². The van der Waals surface area contributed by atoms with Crippen molar-refractivity contribution < 1.29 is 23.5 Å². The first-order chi connectivity index (χ1) is 21.4. The molecule has 1 N–H and O–H groups in total. The van der Waals surface area contributed by atoms with E-state index in [0.717, 1.165) is 27.7 Å². The summed E-state index contributed by atoms with van der Waals surface area (Å²) in [7, 11) is 1.82. The first-order valence-corrected chi connectivity index (χ1v) is 14.6. The van der Waals surface area contributed by atoms with Gasteiger partial charge in [0.2, 0.25) is 5.91 Å². The molecule has 9 nitrogen and oxygen atoms in total. The van der Waals surface area contributed by atoms with Gasteiger partial charge in [0.15, 0.2) is 11.6 Å². The third-order valence-electron chi connectivity index (χ3n) is 8.12. The molecule has 0 aliphatic carbocycles. The highest BCUT2D eigenvalue weighted by atomic mass is 19.1. The maximum atomic E-state index is 14.8. The lowest BCUT2D eigenvalue weighted by Crippen LogP contribution is -2.40. The molecule has 2 amide bonds. The Hall–Kier alpha value is -5.25. The minimum Gasteiger partial charge on any atom is -0.494 e. The zero-order chi connectivity index (χ0) is 30.2. The number of nitrogens with one attached hydrogen (secondary N) is 1. The smallest absolute Gasteiger partial charge is 0.256 e. The van der Waals surface area contributed by atoms with Crippen molar-refractivity contribution in [3.8, 4) is 17.2 Å². The van der Waals surface area contributed by atoms with Crippen LogP contribution in [0.4, 0.5) is 4.39 Å². The number of hydrogen-bond donors (Lipinski definition) is 1. The Kier molecular flexibility index (Phi) is 7.17. The van der Waals surface area contributed by atoms with Crippen molar-refractivity contribution in [1.82, 2.24) is 25.0 Å². The zero-order valence-electron chi connectivity index (χ0n) is 24.1. The van der Waals surface area contributed by atoms with Crippen LogP contribution in [0, 0.1) is 5.82 Å². The average molecular weight is 592 g/mol. The van der Waals surface area contributed by atoms with Crippen molar-refractivity contribution in [3.05, 3.63) is 113 Å². The minimum absolute atomic E-state index is 0.0523. The summed E-state index contributed by atoms with van der Waals surface area (Å²) in [6, 6.07) is 19.3. The number of aromatic nitrogens is 3. The van der Waals surface area contributed by atoms with Gasteiger partial charge in [0.25, 0.3) is 5.91 Å². The van der Waals surface area contributed by atoms with Crippen LogP contribution in [0.3, 0.4) is 0 Å². The molecule has 0 fully saturated rings. The van der Waals surface area contributed by atoms with Gasteiger partial charge in [-0.15, -0.1) is 0 Å². The van der Waals surface area contributed by atoms with Crippen LogP contribution in [0.15, 0.2) is 79.1 Å². The number of halogens is 1. The SMILES string of the molecule is Cn1ncc2ncc(C(=O)N3CCc4cc5ccc4C3c3cccc(c3)OCCCNC(=O)Cc3ccc(F)c(c3)O5)cc21. The van der Waals surface area contributed by atoms with E-state index in [9.17, 15) is 14.0 Å². The Bertz CT molecular complexity index is 1900. The topological polar surface area (TPSA) is 98.6 Å². The molecule has 8 rings (SSSR count). The third kappa shape index (κ3) is 5.34. The van der Waals surface area contributed by atoms with Gasteiger partial charge in [-0.2, -0.15) is 5.10 Å². The van der Waals surface area contributed by atoms with Gasteiger partial charge >= 0.3 is 0 Å². The minimum atomic E-state index is -0.514. The van der Waals surface area contributed by atoms with Crippen LogP contribution in [-0.2, 0) is 24.7 Å². The van der Waals surface area contributed by atoms with Gasteiger partial charge in [0.05, 0.1) is 36.3 Å². The molecule has 0 saturated carbocycles. The number of rotatable bonds is 1. The van der Waals surface area contributed by atoms with Crippen LogP contribution in [0.1, 0.15) is 45.1 Å². The largest absolute Gasteiger partial charge is 0.494 e. The number of carbonyl (C=O) groups is 2. The van der Waals surface area contributed by atoms with E-state index in [-0.39, 0.29) is 24.0 Å². The average Bonchev–Trinajstić information content (AvgIpc) is 3.41. The molecule has 44 heavy (non-hydrogen) atoms. The van der Waals surface area contributed by atoms with E-state index in [1.807, 2.05) is 54.4 Å². The number of hydrogen-bond acceptors (Lipinski definition) is 6. The summed E-state index contributed by atoms with van der Waals surface area (Å²) in [6.07, 6.45) is 4.57. The van der Waals surface area contributed by atoms with Crippen LogP contribution in [-0.4, -0.2) is 51.2 Å². The fraction of sp³-hybridized carbons (Fsp3) is 0.235. The Labute approximate surface area is 253 Å². The lowest BCUT2D eigenvalue weighted by molar-refractivity contribution is -0.120. The number of ether oxygens (including phenoxy) is 2. The molecule has 3 aliphatic rings. The zero-order valence-corrected chi connectivity index (χ0v) is 24.1. The van der Waals surface area contributed by atoms with Crippen LogP contribution in [0.2, 0.25) is 0 Å². The van der Waals surface area contributed by atoms with E-state index in [0.29, 0.717) is 55.2 Å². The van der Waals surface area contributed by atoms with E-state index in [4.69, 9.17) is 9.47 Å². The van der Waals surface area contributed by atoms with Gasteiger partial charge in [-0.25, -0.2) is 4.39 Å². The molecule has 0 spiro atoms. The molecule has 0 radical (unpaired) electrons. The predicted molar refractivity (Wildman–Crippen MR) is 161 cm³/mol. The molecule has 5 heterocycles. The third-order valence-corrected chi connectivity index (χ3v) is 8.12. The fourth-order valence-corrected chi connectivity index (χ4v) is 5.93. The summed E-state index contributed by atoms with van der Waals surface area (Å²) in [6.45, 7) is 1.30. The Morgan fingerprint density at radius 3 is 2.86 bits per heavy atom. The molecular formula is C34H30FN5O4.